The van der Waals surface area contributed by atoms with E-state index in [4.69, 9.17) is 14.5 Å². The molecule has 1 aliphatic carbocycles. The van der Waals surface area contributed by atoms with Crippen LogP contribution in [0.1, 0.15) is 60.4 Å². The summed E-state index contributed by atoms with van der Waals surface area (Å²) in [5.74, 6) is 0.240. The molecule has 116 valence electrons. The molecule has 1 fully saturated rings. The summed E-state index contributed by atoms with van der Waals surface area (Å²) in [7, 11) is 0. The monoisotopic (exact) mass is 309 g/mol. The molecular formula is C16H23NO3S. The number of carbonyl (C=O) groups is 1. The van der Waals surface area contributed by atoms with Crippen LogP contribution in [-0.2, 0) is 21.5 Å². The lowest BCUT2D eigenvalue weighted by Gasteiger charge is -2.35. The van der Waals surface area contributed by atoms with Crippen LogP contribution in [0.15, 0.2) is 0 Å². The SMILES string of the molecule is CCOC1(c2nc3c(s2)C(=O)CC(C)(C)C3)CCOCC1. The summed E-state index contributed by atoms with van der Waals surface area (Å²) >= 11 is 1.55. The maximum absolute atomic E-state index is 12.4. The number of nitrogens with zero attached hydrogens (tertiary/aromatic N) is 1. The Morgan fingerprint density at radius 3 is 2.67 bits per heavy atom. The Balaban J connectivity index is 1.98. The molecule has 21 heavy (non-hydrogen) atoms. The first-order valence-electron chi connectivity index (χ1n) is 7.71. The highest BCUT2D eigenvalue weighted by Gasteiger charge is 2.41. The van der Waals surface area contributed by atoms with Gasteiger partial charge in [0.1, 0.15) is 10.6 Å². The number of Topliss-reactive ketones (excluding diaryl/α,β-unsaturated/α-hetero) is 1. The number of ketones is 1. The molecule has 1 aromatic rings. The molecule has 0 spiro atoms. The molecule has 0 bridgehead atoms. The molecule has 2 heterocycles. The molecule has 0 N–H and O–H groups in total. The number of hydrogen-bond donors (Lipinski definition) is 0. The fraction of sp³-hybridized carbons (Fsp3) is 0.750. The first kappa shape index (κ1) is 15.1. The highest BCUT2D eigenvalue weighted by Crippen LogP contribution is 2.43. The minimum absolute atomic E-state index is 0.0177. The zero-order valence-corrected chi connectivity index (χ0v) is 13.8. The van der Waals surface area contributed by atoms with Gasteiger partial charge in [-0.15, -0.1) is 11.3 Å². The van der Waals surface area contributed by atoms with Gasteiger partial charge in [-0.2, -0.15) is 0 Å². The van der Waals surface area contributed by atoms with Crippen LogP contribution in [0.3, 0.4) is 0 Å². The minimum atomic E-state index is -0.348. The van der Waals surface area contributed by atoms with Gasteiger partial charge < -0.3 is 9.47 Å². The van der Waals surface area contributed by atoms with Gasteiger partial charge in [0.05, 0.1) is 10.6 Å². The lowest BCUT2D eigenvalue weighted by molar-refractivity contribution is -0.112. The highest BCUT2D eigenvalue weighted by atomic mass is 32.1. The second-order valence-corrected chi connectivity index (χ2v) is 7.77. The molecule has 5 heteroatoms. The van der Waals surface area contributed by atoms with Crippen LogP contribution >= 0.6 is 11.3 Å². The molecule has 0 amide bonds. The average molecular weight is 309 g/mol. The van der Waals surface area contributed by atoms with Crippen LogP contribution in [0.25, 0.3) is 0 Å². The largest absolute Gasteiger partial charge is 0.381 e. The molecule has 1 saturated heterocycles. The number of carbonyl (C=O) groups excluding carboxylic acids is 1. The van der Waals surface area contributed by atoms with Gasteiger partial charge in [0, 0.05) is 39.1 Å². The lowest BCUT2D eigenvalue weighted by atomic mass is 9.78. The van der Waals surface area contributed by atoms with Gasteiger partial charge >= 0.3 is 0 Å². The third-order valence-electron chi connectivity index (χ3n) is 4.35. The van der Waals surface area contributed by atoms with Crippen molar-refractivity contribution in [3.63, 3.8) is 0 Å². The molecule has 4 nitrogen and oxygen atoms in total. The second-order valence-electron chi connectivity index (χ2n) is 6.78. The van der Waals surface area contributed by atoms with Crippen LogP contribution in [0.2, 0.25) is 0 Å². The van der Waals surface area contributed by atoms with E-state index in [9.17, 15) is 4.79 Å². The maximum Gasteiger partial charge on any atom is 0.175 e. The third-order valence-corrected chi connectivity index (χ3v) is 5.67. The Bertz CT molecular complexity index is 538. The van der Waals surface area contributed by atoms with Crippen LogP contribution < -0.4 is 0 Å². The van der Waals surface area contributed by atoms with Gasteiger partial charge in [0.15, 0.2) is 5.78 Å². The first-order valence-corrected chi connectivity index (χ1v) is 8.52. The first-order chi connectivity index (χ1) is 9.96. The number of thiazole rings is 1. The van der Waals surface area contributed by atoms with E-state index in [1.54, 1.807) is 11.3 Å². The normalized spacial score (nSPS) is 23.9. The minimum Gasteiger partial charge on any atom is -0.381 e. The van der Waals surface area contributed by atoms with E-state index in [0.29, 0.717) is 26.2 Å². The van der Waals surface area contributed by atoms with Crippen molar-refractivity contribution in [2.75, 3.05) is 19.8 Å². The molecule has 0 unspecified atom stereocenters. The molecule has 0 saturated carbocycles. The van der Waals surface area contributed by atoms with Crippen molar-refractivity contribution in [2.24, 2.45) is 5.41 Å². The molecule has 0 atom stereocenters. The Kier molecular flexibility index (Phi) is 3.93. The summed E-state index contributed by atoms with van der Waals surface area (Å²) in [6.45, 7) is 8.34. The van der Waals surface area contributed by atoms with Gasteiger partial charge in [-0.3, -0.25) is 4.79 Å². The zero-order valence-electron chi connectivity index (χ0n) is 13.0. The van der Waals surface area contributed by atoms with Gasteiger partial charge in [-0.25, -0.2) is 4.98 Å². The van der Waals surface area contributed by atoms with E-state index in [-0.39, 0.29) is 16.8 Å². The van der Waals surface area contributed by atoms with Crippen molar-refractivity contribution in [2.45, 2.75) is 52.1 Å². The topological polar surface area (TPSA) is 48.4 Å². The van der Waals surface area contributed by atoms with Crippen LogP contribution in [0, 0.1) is 5.41 Å². The highest BCUT2D eigenvalue weighted by molar-refractivity contribution is 7.14. The molecule has 0 aromatic carbocycles. The summed E-state index contributed by atoms with van der Waals surface area (Å²) in [4.78, 5) is 18.0. The van der Waals surface area contributed by atoms with Gasteiger partial charge in [-0.05, 0) is 18.8 Å². The Hall–Kier alpha value is -0.780. The van der Waals surface area contributed by atoms with Crippen LogP contribution in [-0.4, -0.2) is 30.6 Å². The van der Waals surface area contributed by atoms with Crippen molar-refractivity contribution in [3.8, 4) is 0 Å². The Morgan fingerprint density at radius 2 is 2.00 bits per heavy atom. The molecule has 3 rings (SSSR count). The van der Waals surface area contributed by atoms with Gasteiger partial charge in [0.25, 0.3) is 0 Å². The van der Waals surface area contributed by atoms with E-state index in [1.807, 2.05) is 6.92 Å². The summed E-state index contributed by atoms with van der Waals surface area (Å²) in [6, 6.07) is 0. The summed E-state index contributed by atoms with van der Waals surface area (Å²) in [5.41, 5.74) is 0.644. The van der Waals surface area contributed by atoms with Crippen LogP contribution in [0.5, 0.6) is 0 Å². The molecule has 1 aromatic heterocycles. The average Bonchev–Trinajstić information content (AvgIpc) is 2.83. The van der Waals surface area contributed by atoms with Crippen molar-refractivity contribution in [3.05, 3.63) is 15.6 Å². The molecule has 0 radical (unpaired) electrons. The smallest absolute Gasteiger partial charge is 0.175 e. The number of fused-ring (bicyclic) bond motifs is 1. The Morgan fingerprint density at radius 1 is 1.29 bits per heavy atom. The van der Waals surface area contributed by atoms with Crippen molar-refractivity contribution in [1.29, 1.82) is 0 Å². The predicted molar refractivity (Wildman–Crippen MR) is 81.9 cm³/mol. The summed E-state index contributed by atoms with van der Waals surface area (Å²) < 4.78 is 11.6. The standard InChI is InChI=1S/C16H23NO3S/c1-4-20-16(5-7-19-8-6-16)14-17-11-9-15(2,3)10-12(18)13(11)21-14/h4-10H2,1-3H3. The van der Waals surface area contributed by atoms with E-state index < -0.39 is 0 Å². The fourth-order valence-corrected chi connectivity index (χ4v) is 4.53. The predicted octanol–water partition coefficient (Wildman–Crippen LogP) is 3.34. The second kappa shape index (κ2) is 5.45. The van der Waals surface area contributed by atoms with Crippen molar-refractivity contribution in [1.82, 2.24) is 4.98 Å². The summed E-state index contributed by atoms with van der Waals surface area (Å²) in [6.07, 6.45) is 3.14. The van der Waals surface area contributed by atoms with Gasteiger partial charge in [-0.1, -0.05) is 13.8 Å². The number of rotatable bonds is 3. The molecule has 2 aliphatic rings. The maximum atomic E-state index is 12.4. The molecule has 1 aliphatic heterocycles. The number of hydrogen-bond acceptors (Lipinski definition) is 5. The van der Waals surface area contributed by atoms with Crippen molar-refractivity contribution < 1.29 is 14.3 Å². The van der Waals surface area contributed by atoms with Crippen molar-refractivity contribution >= 4 is 17.1 Å². The van der Waals surface area contributed by atoms with E-state index in [1.165, 1.54) is 0 Å². The fourth-order valence-electron chi connectivity index (χ4n) is 3.31. The lowest BCUT2D eigenvalue weighted by Crippen LogP contribution is -2.36. The number of aromatic nitrogens is 1. The van der Waals surface area contributed by atoms with Crippen LogP contribution in [0.4, 0.5) is 0 Å². The van der Waals surface area contributed by atoms with E-state index in [0.717, 1.165) is 34.8 Å². The summed E-state index contributed by atoms with van der Waals surface area (Å²) in [5, 5.41) is 0.976. The number of ether oxygens (including phenoxy) is 2. The Labute approximate surface area is 129 Å². The quantitative estimate of drug-likeness (QED) is 0.859. The zero-order chi connectivity index (χ0) is 15.1. The third kappa shape index (κ3) is 2.79. The van der Waals surface area contributed by atoms with E-state index >= 15 is 0 Å². The molecular weight excluding hydrogens is 286 g/mol. The van der Waals surface area contributed by atoms with E-state index in [2.05, 4.69) is 13.8 Å². The van der Waals surface area contributed by atoms with Gasteiger partial charge in [0.2, 0.25) is 0 Å².